The van der Waals surface area contributed by atoms with Crippen LogP contribution in [0, 0.1) is 0 Å². The lowest BCUT2D eigenvalue weighted by molar-refractivity contribution is -0.137. The van der Waals surface area contributed by atoms with E-state index in [2.05, 4.69) is 5.43 Å². The Morgan fingerprint density at radius 3 is 2.60 bits per heavy atom. The van der Waals surface area contributed by atoms with Crippen LogP contribution >= 0.6 is 22.9 Å². The van der Waals surface area contributed by atoms with Crippen molar-refractivity contribution in [3.8, 4) is 0 Å². The first-order chi connectivity index (χ1) is 9.41. The van der Waals surface area contributed by atoms with Crippen LogP contribution in [0.15, 0.2) is 35.7 Å². The third kappa shape index (κ3) is 3.52. The summed E-state index contributed by atoms with van der Waals surface area (Å²) in [5.74, 6) is 5.46. The lowest BCUT2D eigenvalue weighted by Gasteiger charge is -2.17. The minimum Gasteiger partial charge on any atom is -0.271 e. The number of hydrogen-bond acceptors (Lipinski definition) is 3. The van der Waals surface area contributed by atoms with Crippen molar-refractivity contribution in [1.82, 2.24) is 5.43 Å². The van der Waals surface area contributed by atoms with Gasteiger partial charge >= 0.3 is 6.18 Å². The van der Waals surface area contributed by atoms with Gasteiger partial charge in [0.2, 0.25) is 0 Å². The molecule has 108 valence electrons. The summed E-state index contributed by atoms with van der Waals surface area (Å²) in [5, 5.41) is 2.43. The standard InChI is InChI=1S/C13H12ClF3N2S/c14-10-4-5-20-12(10)7-11(19-18)8-2-1-3-9(6-8)13(15,16)17/h1-6,11,19H,7,18H2. The molecule has 0 spiro atoms. The summed E-state index contributed by atoms with van der Waals surface area (Å²) in [5.41, 5.74) is 2.33. The molecule has 0 aliphatic heterocycles. The Bertz CT molecular complexity index is 583. The summed E-state index contributed by atoms with van der Waals surface area (Å²) < 4.78 is 38.1. The molecule has 0 aliphatic rings. The van der Waals surface area contributed by atoms with Crippen molar-refractivity contribution < 1.29 is 13.2 Å². The third-order valence-corrected chi connectivity index (χ3v) is 4.31. The van der Waals surface area contributed by atoms with Gasteiger partial charge in [-0.2, -0.15) is 13.2 Å². The number of halogens is 4. The van der Waals surface area contributed by atoms with E-state index >= 15 is 0 Å². The Hall–Kier alpha value is -1.08. The van der Waals surface area contributed by atoms with Crippen LogP contribution in [-0.2, 0) is 12.6 Å². The Kier molecular flexibility index (Phi) is 4.70. The van der Waals surface area contributed by atoms with Gasteiger partial charge < -0.3 is 0 Å². The fourth-order valence-electron chi connectivity index (χ4n) is 1.86. The number of benzene rings is 1. The van der Waals surface area contributed by atoms with Crippen LogP contribution in [0.3, 0.4) is 0 Å². The fourth-order valence-corrected chi connectivity index (χ4v) is 3.02. The second-order valence-electron chi connectivity index (χ2n) is 4.24. The van der Waals surface area contributed by atoms with Gasteiger partial charge in [-0.05, 0) is 29.1 Å². The lowest BCUT2D eigenvalue weighted by Crippen LogP contribution is -2.29. The van der Waals surface area contributed by atoms with Crippen LogP contribution in [0.25, 0.3) is 0 Å². The predicted octanol–water partition coefficient (Wildman–Crippen LogP) is 4.17. The van der Waals surface area contributed by atoms with E-state index in [9.17, 15) is 13.2 Å². The SMILES string of the molecule is NNC(Cc1sccc1Cl)c1cccc(C(F)(F)F)c1. The number of hydrazine groups is 1. The molecule has 0 aliphatic carbocycles. The minimum absolute atomic E-state index is 0.423. The van der Waals surface area contributed by atoms with E-state index in [1.54, 1.807) is 12.1 Å². The quantitative estimate of drug-likeness (QED) is 0.655. The van der Waals surface area contributed by atoms with Gasteiger partial charge in [-0.15, -0.1) is 11.3 Å². The summed E-state index contributed by atoms with van der Waals surface area (Å²) in [6.45, 7) is 0. The lowest BCUT2D eigenvalue weighted by atomic mass is 10.0. The second kappa shape index (κ2) is 6.13. The molecule has 0 saturated carbocycles. The molecule has 20 heavy (non-hydrogen) atoms. The highest BCUT2D eigenvalue weighted by molar-refractivity contribution is 7.10. The summed E-state index contributed by atoms with van der Waals surface area (Å²) in [4.78, 5) is 0.882. The first kappa shape index (κ1) is 15.3. The summed E-state index contributed by atoms with van der Waals surface area (Å²) in [6.07, 6.45) is -3.93. The molecule has 0 fully saturated rings. The van der Waals surface area contributed by atoms with E-state index < -0.39 is 17.8 Å². The molecule has 1 unspecified atom stereocenters. The number of alkyl halides is 3. The second-order valence-corrected chi connectivity index (χ2v) is 5.65. The van der Waals surface area contributed by atoms with Crippen molar-refractivity contribution in [1.29, 1.82) is 0 Å². The summed E-state index contributed by atoms with van der Waals surface area (Å²) in [7, 11) is 0. The molecule has 2 rings (SSSR count). The average molecular weight is 321 g/mol. The van der Waals surface area contributed by atoms with E-state index in [4.69, 9.17) is 17.4 Å². The van der Waals surface area contributed by atoms with Gasteiger partial charge in [-0.3, -0.25) is 11.3 Å². The van der Waals surface area contributed by atoms with E-state index in [1.165, 1.54) is 17.4 Å². The summed E-state index contributed by atoms with van der Waals surface area (Å²) >= 11 is 7.44. The van der Waals surface area contributed by atoms with Crippen LogP contribution in [0.4, 0.5) is 13.2 Å². The molecular formula is C13H12ClF3N2S. The van der Waals surface area contributed by atoms with Gasteiger partial charge in [-0.1, -0.05) is 23.7 Å². The van der Waals surface area contributed by atoms with Crippen LogP contribution in [-0.4, -0.2) is 0 Å². The highest BCUT2D eigenvalue weighted by atomic mass is 35.5. The third-order valence-electron chi connectivity index (χ3n) is 2.90. The van der Waals surface area contributed by atoms with Gasteiger partial charge in [0.25, 0.3) is 0 Å². The molecule has 1 heterocycles. The molecule has 0 saturated heterocycles. The molecule has 1 aromatic carbocycles. The normalized spacial score (nSPS) is 13.4. The Labute approximate surface area is 123 Å². The molecule has 3 N–H and O–H groups in total. The zero-order chi connectivity index (χ0) is 14.8. The highest BCUT2D eigenvalue weighted by Crippen LogP contribution is 2.32. The van der Waals surface area contributed by atoms with Crippen molar-refractivity contribution in [2.45, 2.75) is 18.6 Å². The Morgan fingerprint density at radius 2 is 2.05 bits per heavy atom. The maximum atomic E-state index is 12.7. The van der Waals surface area contributed by atoms with E-state index in [1.807, 2.05) is 5.38 Å². The zero-order valence-corrected chi connectivity index (χ0v) is 11.8. The molecule has 0 radical (unpaired) electrons. The van der Waals surface area contributed by atoms with Crippen molar-refractivity contribution in [3.63, 3.8) is 0 Å². The Morgan fingerprint density at radius 1 is 1.30 bits per heavy atom. The largest absolute Gasteiger partial charge is 0.416 e. The smallest absolute Gasteiger partial charge is 0.271 e. The van der Waals surface area contributed by atoms with Crippen molar-refractivity contribution in [2.24, 2.45) is 5.84 Å². The van der Waals surface area contributed by atoms with Gasteiger partial charge in [0.1, 0.15) is 0 Å². The molecular weight excluding hydrogens is 309 g/mol. The van der Waals surface area contributed by atoms with Crippen LogP contribution in [0.1, 0.15) is 22.0 Å². The van der Waals surface area contributed by atoms with Gasteiger partial charge in [0, 0.05) is 11.3 Å². The van der Waals surface area contributed by atoms with Crippen molar-refractivity contribution >= 4 is 22.9 Å². The molecule has 1 atom stereocenters. The maximum Gasteiger partial charge on any atom is 0.416 e. The number of nitrogens with one attached hydrogen (secondary N) is 1. The number of hydrogen-bond donors (Lipinski definition) is 2. The molecule has 7 heteroatoms. The summed E-state index contributed by atoms with van der Waals surface area (Å²) in [6, 6.07) is 6.45. The van der Waals surface area contributed by atoms with Crippen molar-refractivity contribution in [3.05, 3.63) is 56.7 Å². The minimum atomic E-state index is -4.37. The van der Waals surface area contributed by atoms with E-state index in [0.29, 0.717) is 17.0 Å². The molecule has 0 bridgehead atoms. The van der Waals surface area contributed by atoms with Crippen LogP contribution in [0.2, 0.25) is 5.02 Å². The first-order valence-corrected chi connectivity index (χ1v) is 7.02. The first-order valence-electron chi connectivity index (χ1n) is 5.77. The predicted molar refractivity (Wildman–Crippen MR) is 74.5 cm³/mol. The molecule has 2 aromatic rings. The number of nitrogens with two attached hydrogens (primary N) is 1. The fraction of sp³-hybridized carbons (Fsp3) is 0.231. The zero-order valence-electron chi connectivity index (χ0n) is 10.2. The van der Waals surface area contributed by atoms with Crippen LogP contribution < -0.4 is 11.3 Å². The van der Waals surface area contributed by atoms with Gasteiger partial charge in [0.15, 0.2) is 0 Å². The average Bonchev–Trinajstić information content (AvgIpc) is 2.80. The van der Waals surface area contributed by atoms with Crippen LogP contribution in [0.5, 0.6) is 0 Å². The topological polar surface area (TPSA) is 38.0 Å². The van der Waals surface area contributed by atoms with Gasteiger partial charge in [0.05, 0.1) is 16.6 Å². The highest BCUT2D eigenvalue weighted by Gasteiger charge is 2.31. The number of thiophene rings is 1. The number of rotatable bonds is 4. The van der Waals surface area contributed by atoms with Crippen molar-refractivity contribution in [2.75, 3.05) is 0 Å². The molecule has 1 aromatic heterocycles. The molecule has 2 nitrogen and oxygen atoms in total. The monoisotopic (exact) mass is 320 g/mol. The van der Waals surface area contributed by atoms with Gasteiger partial charge in [-0.25, -0.2) is 0 Å². The van der Waals surface area contributed by atoms with E-state index in [-0.39, 0.29) is 0 Å². The Balaban J connectivity index is 2.26. The maximum absolute atomic E-state index is 12.7. The van der Waals surface area contributed by atoms with E-state index in [0.717, 1.165) is 17.0 Å². The molecule has 0 amide bonds.